The Morgan fingerprint density at radius 3 is 2.20 bits per heavy atom. The van der Waals surface area contributed by atoms with Gasteiger partial charge >= 0.3 is 0 Å². The van der Waals surface area contributed by atoms with E-state index >= 15 is 0 Å². The largest absolute Gasteiger partial charge is 0.327 e. The Morgan fingerprint density at radius 2 is 2.00 bits per heavy atom. The molecule has 2 saturated carbocycles. The second kappa shape index (κ2) is 1.76. The quantitative estimate of drug-likeness (QED) is 0.544. The van der Waals surface area contributed by atoms with Crippen LogP contribution in [0.5, 0.6) is 0 Å². The van der Waals surface area contributed by atoms with Crippen molar-refractivity contribution in [1.29, 1.82) is 0 Å². The number of rotatable bonds is 0. The summed E-state index contributed by atoms with van der Waals surface area (Å²) in [6.07, 6.45) is 4.11. The van der Waals surface area contributed by atoms with Crippen molar-refractivity contribution in [3.63, 3.8) is 0 Å². The van der Waals surface area contributed by atoms with E-state index in [0.29, 0.717) is 11.5 Å². The summed E-state index contributed by atoms with van der Waals surface area (Å²) in [4.78, 5) is 0. The molecule has 1 heteroatoms. The Kier molecular flexibility index (Phi) is 1.17. The Labute approximate surface area is 63.0 Å². The van der Waals surface area contributed by atoms with E-state index in [4.69, 9.17) is 5.73 Å². The van der Waals surface area contributed by atoms with Gasteiger partial charge in [0.15, 0.2) is 0 Å². The first kappa shape index (κ1) is 6.66. The number of hydrogen-bond acceptors (Lipinski definition) is 1. The van der Waals surface area contributed by atoms with Gasteiger partial charge in [-0.3, -0.25) is 0 Å². The molecule has 2 rings (SSSR count). The lowest BCUT2D eigenvalue weighted by molar-refractivity contribution is 0.253. The Morgan fingerprint density at radius 1 is 1.30 bits per heavy atom. The Bertz CT molecular complexity index is 151. The summed E-state index contributed by atoms with van der Waals surface area (Å²) in [6, 6.07) is 0.522. The molecule has 1 nitrogen and oxygen atoms in total. The fourth-order valence-corrected chi connectivity index (χ4v) is 3.11. The molecule has 2 fully saturated rings. The molecule has 2 aliphatic rings. The average molecular weight is 139 g/mol. The van der Waals surface area contributed by atoms with Crippen LogP contribution >= 0.6 is 0 Å². The molecule has 0 aromatic rings. The van der Waals surface area contributed by atoms with E-state index in [-0.39, 0.29) is 0 Å². The Hall–Kier alpha value is -0.0400. The van der Waals surface area contributed by atoms with E-state index in [0.717, 1.165) is 11.8 Å². The molecular weight excluding hydrogens is 122 g/mol. The molecule has 1 unspecified atom stereocenters. The van der Waals surface area contributed by atoms with Crippen LogP contribution in [0.2, 0.25) is 0 Å². The molecule has 0 radical (unpaired) electrons. The summed E-state index contributed by atoms with van der Waals surface area (Å²) < 4.78 is 0. The summed E-state index contributed by atoms with van der Waals surface area (Å²) in [5, 5.41) is 0. The van der Waals surface area contributed by atoms with E-state index in [1.165, 1.54) is 19.3 Å². The summed E-state index contributed by atoms with van der Waals surface area (Å²) in [6.45, 7) is 4.78. The SMILES string of the molecule is CC1(C)[C@@H]2CC[C@H]1C(N)C2. The smallest absolute Gasteiger partial charge is 0.00752 e. The van der Waals surface area contributed by atoms with Gasteiger partial charge in [0.2, 0.25) is 0 Å². The highest BCUT2D eigenvalue weighted by Crippen LogP contribution is 2.56. The first-order chi connectivity index (χ1) is 4.62. The van der Waals surface area contributed by atoms with Gasteiger partial charge in [0.05, 0.1) is 0 Å². The second-order valence-corrected chi connectivity index (χ2v) is 4.60. The third-order valence-electron chi connectivity index (χ3n) is 3.91. The van der Waals surface area contributed by atoms with Crippen molar-refractivity contribution in [1.82, 2.24) is 0 Å². The van der Waals surface area contributed by atoms with Crippen LogP contribution in [0.25, 0.3) is 0 Å². The second-order valence-electron chi connectivity index (χ2n) is 4.60. The van der Waals surface area contributed by atoms with Gasteiger partial charge in [-0.2, -0.15) is 0 Å². The van der Waals surface area contributed by atoms with Gasteiger partial charge in [0, 0.05) is 6.04 Å². The fraction of sp³-hybridized carbons (Fsp3) is 1.00. The zero-order valence-electron chi connectivity index (χ0n) is 6.93. The molecule has 3 atom stereocenters. The molecule has 2 bridgehead atoms. The van der Waals surface area contributed by atoms with Gasteiger partial charge in [0.25, 0.3) is 0 Å². The summed E-state index contributed by atoms with van der Waals surface area (Å²) in [5.41, 5.74) is 6.56. The van der Waals surface area contributed by atoms with Crippen molar-refractivity contribution in [2.45, 2.75) is 39.2 Å². The third kappa shape index (κ3) is 0.619. The highest BCUT2D eigenvalue weighted by atomic mass is 14.7. The van der Waals surface area contributed by atoms with E-state index in [9.17, 15) is 0 Å². The zero-order chi connectivity index (χ0) is 7.35. The summed E-state index contributed by atoms with van der Waals surface area (Å²) in [5.74, 6) is 1.77. The van der Waals surface area contributed by atoms with Crippen LogP contribution in [-0.2, 0) is 0 Å². The molecule has 0 spiro atoms. The van der Waals surface area contributed by atoms with Crippen molar-refractivity contribution in [3.05, 3.63) is 0 Å². The van der Waals surface area contributed by atoms with Crippen molar-refractivity contribution in [2.24, 2.45) is 23.0 Å². The van der Waals surface area contributed by atoms with Crippen LogP contribution < -0.4 is 5.73 Å². The highest BCUT2D eigenvalue weighted by molar-refractivity contribution is 5.03. The molecule has 0 amide bonds. The molecule has 58 valence electrons. The highest BCUT2D eigenvalue weighted by Gasteiger charge is 2.51. The molecule has 0 aliphatic heterocycles. The molecular formula is C9H17N. The van der Waals surface area contributed by atoms with Crippen molar-refractivity contribution < 1.29 is 0 Å². The van der Waals surface area contributed by atoms with Gasteiger partial charge < -0.3 is 5.73 Å². The first-order valence-electron chi connectivity index (χ1n) is 4.38. The molecule has 2 aliphatic carbocycles. The first-order valence-corrected chi connectivity index (χ1v) is 4.38. The minimum absolute atomic E-state index is 0.522. The number of fused-ring (bicyclic) bond motifs is 2. The van der Waals surface area contributed by atoms with E-state index in [1.54, 1.807) is 0 Å². The summed E-state index contributed by atoms with van der Waals surface area (Å²) >= 11 is 0. The van der Waals surface area contributed by atoms with Crippen molar-refractivity contribution >= 4 is 0 Å². The maximum Gasteiger partial charge on any atom is 0.00752 e. The van der Waals surface area contributed by atoms with Crippen LogP contribution in [0.4, 0.5) is 0 Å². The maximum absolute atomic E-state index is 6.00. The van der Waals surface area contributed by atoms with Crippen LogP contribution in [-0.4, -0.2) is 6.04 Å². The van der Waals surface area contributed by atoms with Gasteiger partial charge in [-0.25, -0.2) is 0 Å². The minimum Gasteiger partial charge on any atom is -0.327 e. The predicted molar refractivity (Wildman–Crippen MR) is 42.6 cm³/mol. The molecule has 0 aromatic carbocycles. The Balaban J connectivity index is 2.27. The minimum atomic E-state index is 0.522. The third-order valence-corrected chi connectivity index (χ3v) is 3.91. The molecule has 0 aromatic heterocycles. The van der Waals surface area contributed by atoms with Crippen molar-refractivity contribution in [2.75, 3.05) is 0 Å². The zero-order valence-corrected chi connectivity index (χ0v) is 6.93. The normalized spacial score (nSPS) is 50.1. The average Bonchev–Trinajstić information content (AvgIpc) is 2.20. The van der Waals surface area contributed by atoms with E-state index in [2.05, 4.69) is 13.8 Å². The van der Waals surface area contributed by atoms with Crippen LogP contribution in [0, 0.1) is 17.3 Å². The lowest BCUT2D eigenvalue weighted by Gasteiger charge is -2.24. The summed E-state index contributed by atoms with van der Waals surface area (Å²) in [7, 11) is 0. The van der Waals surface area contributed by atoms with Gasteiger partial charge in [-0.05, 0) is 36.5 Å². The maximum atomic E-state index is 6.00. The predicted octanol–water partition coefficient (Wildman–Crippen LogP) is 1.77. The standard InChI is InChI=1S/C9H17N/c1-9(2)6-3-4-7(9)8(10)5-6/h6-8H,3-5,10H2,1-2H3/t6-,7+,8?/m1/s1. The fourth-order valence-electron chi connectivity index (χ4n) is 3.11. The van der Waals surface area contributed by atoms with Crippen LogP contribution in [0.1, 0.15) is 33.1 Å². The molecule has 0 saturated heterocycles. The topological polar surface area (TPSA) is 26.0 Å². The number of nitrogens with two attached hydrogens (primary N) is 1. The van der Waals surface area contributed by atoms with Crippen LogP contribution in [0.15, 0.2) is 0 Å². The molecule has 10 heavy (non-hydrogen) atoms. The van der Waals surface area contributed by atoms with Crippen LogP contribution in [0.3, 0.4) is 0 Å². The van der Waals surface area contributed by atoms with Crippen molar-refractivity contribution in [3.8, 4) is 0 Å². The lowest BCUT2D eigenvalue weighted by atomic mass is 9.82. The van der Waals surface area contributed by atoms with Gasteiger partial charge in [0.1, 0.15) is 0 Å². The lowest BCUT2D eigenvalue weighted by Crippen LogP contribution is -2.29. The van der Waals surface area contributed by atoms with Gasteiger partial charge in [-0.1, -0.05) is 13.8 Å². The van der Waals surface area contributed by atoms with Gasteiger partial charge in [-0.15, -0.1) is 0 Å². The monoisotopic (exact) mass is 139 g/mol. The molecule has 0 heterocycles. The van der Waals surface area contributed by atoms with E-state index < -0.39 is 0 Å². The molecule has 2 N–H and O–H groups in total. The number of hydrogen-bond donors (Lipinski definition) is 1. The van der Waals surface area contributed by atoms with E-state index in [1.807, 2.05) is 0 Å².